The molecule has 0 spiro atoms. The van der Waals surface area contributed by atoms with Gasteiger partial charge in [0.25, 0.3) is 0 Å². The summed E-state index contributed by atoms with van der Waals surface area (Å²) in [7, 11) is 0. The van der Waals surface area contributed by atoms with Crippen molar-refractivity contribution in [2.24, 2.45) is 0 Å². The van der Waals surface area contributed by atoms with Crippen LogP contribution in [-0.4, -0.2) is 19.0 Å². The van der Waals surface area contributed by atoms with Gasteiger partial charge in [-0.15, -0.1) is 0 Å². The Morgan fingerprint density at radius 1 is 1.28 bits per heavy atom. The molecule has 1 aromatic carbocycles. The smallest absolute Gasteiger partial charge is 0.234 e. The summed E-state index contributed by atoms with van der Waals surface area (Å²) in [6.07, 6.45) is 1.93. The molecule has 0 aliphatic carbocycles. The maximum Gasteiger partial charge on any atom is 0.234 e. The molecule has 0 radical (unpaired) electrons. The highest BCUT2D eigenvalue weighted by Gasteiger charge is 2.11. The van der Waals surface area contributed by atoms with Gasteiger partial charge in [0.15, 0.2) is 0 Å². The van der Waals surface area contributed by atoms with Crippen LogP contribution in [0.25, 0.3) is 0 Å². The molecule has 0 heterocycles. The van der Waals surface area contributed by atoms with Crippen LogP contribution in [0, 0.1) is 0 Å². The van der Waals surface area contributed by atoms with Crippen molar-refractivity contribution in [1.82, 2.24) is 10.6 Å². The van der Waals surface area contributed by atoms with Crippen LogP contribution in [0.15, 0.2) is 28.7 Å². The number of nitrogens with one attached hydrogen (secondary N) is 2. The number of benzene rings is 1. The standard InChI is InChI=1S/C14H21BrN2O/c1-3-9-16-10-14(18)17-13(4-2)11-5-7-12(15)8-6-11/h5-8,13,16H,3-4,9-10H2,1-2H3,(H,17,18). The lowest BCUT2D eigenvalue weighted by Crippen LogP contribution is -2.36. The fourth-order valence-corrected chi connectivity index (χ4v) is 2.00. The Hall–Kier alpha value is -0.870. The molecule has 3 nitrogen and oxygen atoms in total. The summed E-state index contributed by atoms with van der Waals surface area (Å²) in [5, 5.41) is 6.15. The molecule has 0 aliphatic heterocycles. The van der Waals surface area contributed by atoms with E-state index >= 15 is 0 Å². The van der Waals surface area contributed by atoms with Gasteiger partial charge in [-0.3, -0.25) is 4.79 Å². The fraction of sp³-hybridized carbons (Fsp3) is 0.500. The maximum absolute atomic E-state index is 11.7. The summed E-state index contributed by atoms with van der Waals surface area (Å²) in [5.41, 5.74) is 1.14. The third-order valence-electron chi connectivity index (χ3n) is 2.73. The van der Waals surface area contributed by atoms with Crippen molar-refractivity contribution < 1.29 is 4.79 Å². The van der Waals surface area contributed by atoms with Gasteiger partial charge < -0.3 is 10.6 Å². The highest BCUT2D eigenvalue weighted by atomic mass is 79.9. The van der Waals surface area contributed by atoms with E-state index in [1.54, 1.807) is 0 Å². The van der Waals surface area contributed by atoms with Crippen molar-refractivity contribution in [3.8, 4) is 0 Å². The molecular weight excluding hydrogens is 292 g/mol. The number of carbonyl (C=O) groups excluding carboxylic acids is 1. The normalized spacial score (nSPS) is 12.2. The largest absolute Gasteiger partial charge is 0.348 e. The molecule has 1 amide bonds. The van der Waals surface area contributed by atoms with Crippen LogP contribution in [0.5, 0.6) is 0 Å². The van der Waals surface area contributed by atoms with Gasteiger partial charge in [0, 0.05) is 4.47 Å². The zero-order valence-corrected chi connectivity index (χ0v) is 12.6. The first-order valence-electron chi connectivity index (χ1n) is 6.42. The van der Waals surface area contributed by atoms with E-state index in [0.29, 0.717) is 6.54 Å². The fourth-order valence-electron chi connectivity index (χ4n) is 1.74. The molecule has 1 rings (SSSR count). The molecule has 1 unspecified atom stereocenters. The third kappa shape index (κ3) is 5.19. The van der Waals surface area contributed by atoms with Crippen LogP contribution in [0.4, 0.5) is 0 Å². The summed E-state index contributed by atoms with van der Waals surface area (Å²) in [4.78, 5) is 11.7. The molecular formula is C14H21BrN2O. The van der Waals surface area contributed by atoms with Crippen LogP contribution in [0.2, 0.25) is 0 Å². The summed E-state index contributed by atoms with van der Waals surface area (Å²) < 4.78 is 1.05. The van der Waals surface area contributed by atoms with Crippen molar-refractivity contribution in [2.75, 3.05) is 13.1 Å². The van der Waals surface area contributed by atoms with Gasteiger partial charge in [-0.25, -0.2) is 0 Å². The Kier molecular flexibility index (Phi) is 6.98. The predicted octanol–water partition coefficient (Wildman–Crippen LogP) is 3.02. The van der Waals surface area contributed by atoms with Crippen LogP contribution in [-0.2, 0) is 4.79 Å². The molecule has 0 aromatic heterocycles. The van der Waals surface area contributed by atoms with E-state index in [2.05, 4.69) is 40.4 Å². The lowest BCUT2D eigenvalue weighted by Gasteiger charge is -2.17. The number of amides is 1. The van der Waals surface area contributed by atoms with Gasteiger partial charge in [0.05, 0.1) is 12.6 Å². The first kappa shape index (κ1) is 15.2. The average Bonchev–Trinajstić information content (AvgIpc) is 2.37. The quantitative estimate of drug-likeness (QED) is 0.760. The van der Waals surface area contributed by atoms with Gasteiger partial charge in [0.2, 0.25) is 5.91 Å². The second-order valence-electron chi connectivity index (χ2n) is 4.26. The molecule has 1 aromatic rings. The monoisotopic (exact) mass is 312 g/mol. The van der Waals surface area contributed by atoms with E-state index in [-0.39, 0.29) is 11.9 Å². The predicted molar refractivity (Wildman–Crippen MR) is 78.5 cm³/mol. The zero-order chi connectivity index (χ0) is 13.4. The van der Waals surface area contributed by atoms with Crippen LogP contribution in [0.3, 0.4) is 0 Å². The molecule has 0 bridgehead atoms. The second kappa shape index (κ2) is 8.27. The topological polar surface area (TPSA) is 41.1 Å². The number of hydrogen-bond acceptors (Lipinski definition) is 2. The van der Waals surface area contributed by atoms with Crippen molar-refractivity contribution in [1.29, 1.82) is 0 Å². The number of carbonyl (C=O) groups is 1. The Morgan fingerprint density at radius 3 is 2.50 bits per heavy atom. The lowest BCUT2D eigenvalue weighted by molar-refractivity contribution is -0.121. The maximum atomic E-state index is 11.7. The Bertz CT molecular complexity index is 365. The molecule has 0 saturated heterocycles. The Morgan fingerprint density at radius 2 is 1.94 bits per heavy atom. The summed E-state index contributed by atoms with van der Waals surface area (Å²) in [6.45, 7) is 5.43. The van der Waals surface area contributed by atoms with Crippen molar-refractivity contribution in [3.63, 3.8) is 0 Å². The molecule has 1 atom stereocenters. The Labute approximate surface area is 117 Å². The number of rotatable bonds is 7. The minimum atomic E-state index is 0.0539. The molecule has 100 valence electrons. The van der Waals surface area contributed by atoms with Gasteiger partial charge >= 0.3 is 0 Å². The van der Waals surface area contributed by atoms with Crippen molar-refractivity contribution in [2.45, 2.75) is 32.7 Å². The first-order chi connectivity index (χ1) is 8.67. The van der Waals surface area contributed by atoms with E-state index in [1.165, 1.54) is 0 Å². The highest BCUT2D eigenvalue weighted by Crippen LogP contribution is 2.19. The van der Waals surface area contributed by atoms with Gasteiger partial charge in [-0.2, -0.15) is 0 Å². The Balaban J connectivity index is 2.51. The molecule has 0 fully saturated rings. The molecule has 2 N–H and O–H groups in total. The van der Waals surface area contributed by atoms with Crippen molar-refractivity contribution in [3.05, 3.63) is 34.3 Å². The van der Waals surface area contributed by atoms with E-state index < -0.39 is 0 Å². The van der Waals surface area contributed by atoms with E-state index in [4.69, 9.17) is 0 Å². The van der Waals surface area contributed by atoms with E-state index in [1.807, 2.05) is 24.3 Å². The summed E-state index contributed by atoms with van der Waals surface area (Å²) in [5.74, 6) is 0.0539. The minimum Gasteiger partial charge on any atom is -0.348 e. The molecule has 4 heteroatoms. The minimum absolute atomic E-state index is 0.0539. The summed E-state index contributed by atoms with van der Waals surface area (Å²) in [6, 6.07) is 8.17. The lowest BCUT2D eigenvalue weighted by atomic mass is 10.0. The van der Waals surface area contributed by atoms with Gasteiger partial charge in [0.1, 0.15) is 0 Å². The molecule has 0 saturated carbocycles. The van der Waals surface area contributed by atoms with Crippen LogP contribution in [0.1, 0.15) is 38.3 Å². The van der Waals surface area contributed by atoms with Crippen molar-refractivity contribution >= 4 is 21.8 Å². The molecule has 0 aliphatic rings. The number of hydrogen-bond donors (Lipinski definition) is 2. The highest BCUT2D eigenvalue weighted by molar-refractivity contribution is 9.10. The van der Waals surface area contributed by atoms with Gasteiger partial charge in [-0.1, -0.05) is 41.9 Å². The van der Waals surface area contributed by atoms with Crippen LogP contribution < -0.4 is 10.6 Å². The number of halogens is 1. The van der Waals surface area contributed by atoms with E-state index in [0.717, 1.165) is 29.4 Å². The SMILES string of the molecule is CCCNCC(=O)NC(CC)c1ccc(Br)cc1. The third-order valence-corrected chi connectivity index (χ3v) is 3.26. The van der Waals surface area contributed by atoms with Gasteiger partial charge in [-0.05, 0) is 37.1 Å². The van der Waals surface area contributed by atoms with Crippen LogP contribution >= 0.6 is 15.9 Å². The zero-order valence-electron chi connectivity index (χ0n) is 11.0. The summed E-state index contributed by atoms with van der Waals surface area (Å²) >= 11 is 3.41. The molecule has 18 heavy (non-hydrogen) atoms. The average molecular weight is 313 g/mol. The first-order valence-corrected chi connectivity index (χ1v) is 7.22. The second-order valence-corrected chi connectivity index (χ2v) is 5.17. The van der Waals surface area contributed by atoms with E-state index in [9.17, 15) is 4.79 Å².